The quantitative estimate of drug-likeness (QED) is 0.762. The van der Waals surface area contributed by atoms with Crippen molar-refractivity contribution in [1.82, 2.24) is 24.7 Å². The maximum Gasteiger partial charge on any atom is 0.138 e. The molecule has 0 fully saturated rings. The zero-order valence-electron chi connectivity index (χ0n) is 11.4. The number of H-pyrrole nitrogens is 1. The molecular formula is C14H16N6. The molecule has 3 heterocycles. The van der Waals surface area contributed by atoms with Crippen LogP contribution < -0.4 is 5.32 Å². The van der Waals surface area contributed by atoms with Crippen molar-refractivity contribution in [3.63, 3.8) is 0 Å². The first-order valence-corrected chi connectivity index (χ1v) is 6.46. The molecule has 0 radical (unpaired) electrons. The molecule has 0 bridgehead atoms. The Morgan fingerprint density at radius 1 is 1.20 bits per heavy atom. The fraction of sp³-hybridized carbons (Fsp3) is 0.214. The van der Waals surface area contributed by atoms with Crippen molar-refractivity contribution in [3.8, 4) is 5.82 Å². The van der Waals surface area contributed by atoms with E-state index in [-0.39, 0.29) is 6.04 Å². The standard InChI is InChI=1S/C14H16N6/c1-10(13-5-6-17-19-13)18-12-3-4-14(16-9-12)20-8-7-15-11(20)2/h3-10,18H,1-2H3,(H,17,19). The summed E-state index contributed by atoms with van der Waals surface area (Å²) in [6.07, 6.45) is 7.24. The highest BCUT2D eigenvalue weighted by molar-refractivity contribution is 5.45. The van der Waals surface area contributed by atoms with Crippen LogP contribution in [0.15, 0.2) is 43.0 Å². The second kappa shape index (κ2) is 5.16. The molecule has 0 aromatic carbocycles. The molecule has 0 aliphatic carbocycles. The molecule has 1 atom stereocenters. The molecule has 6 heteroatoms. The SMILES string of the molecule is Cc1nccn1-c1ccc(NC(C)c2ccn[nH]2)cn1. The van der Waals surface area contributed by atoms with Crippen LogP contribution in [-0.4, -0.2) is 24.7 Å². The number of aromatic nitrogens is 5. The van der Waals surface area contributed by atoms with Crippen molar-refractivity contribution in [2.75, 3.05) is 5.32 Å². The minimum atomic E-state index is 0.153. The van der Waals surface area contributed by atoms with Crippen LogP contribution >= 0.6 is 0 Å². The second-order valence-corrected chi connectivity index (χ2v) is 4.63. The maximum atomic E-state index is 4.45. The van der Waals surface area contributed by atoms with E-state index in [0.29, 0.717) is 0 Å². The van der Waals surface area contributed by atoms with E-state index in [2.05, 4.69) is 32.4 Å². The summed E-state index contributed by atoms with van der Waals surface area (Å²) >= 11 is 0. The lowest BCUT2D eigenvalue weighted by Gasteiger charge is -2.13. The minimum absolute atomic E-state index is 0.153. The molecule has 3 aromatic heterocycles. The van der Waals surface area contributed by atoms with E-state index in [9.17, 15) is 0 Å². The van der Waals surface area contributed by atoms with Gasteiger partial charge >= 0.3 is 0 Å². The summed E-state index contributed by atoms with van der Waals surface area (Å²) < 4.78 is 1.95. The summed E-state index contributed by atoms with van der Waals surface area (Å²) in [7, 11) is 0. The maximum absolute atomic E-state index is 4.45. The largest absolute Gasteiger partial charge is 0.376 e. The third-order valence-electron chi connectivity index (χ3n) is 3.19. The van der Waals surface area contributed by atoms with Crippen LogP contribution in [0.2, 0.25) is 0 Å². The smallest absolute Gasteiger partial charge is 0.138 e. The molecule has 2 N–H and O–H groups in total. The number of aryl methyl sites for hydroxylation is 1. The predicted octanol–water partition coefficient (Wildman–Crippen LogP) is 2.47. The molecule has 3 rings (SSSR count). The van der Waals surface area contributed by atoms with Gasteiger partial charge in [-0.2, -0.15) is 5.10 Å². The third-order valence-corrected chi connectivity index (χ3v) is 3.19. The van der Waals surface area contributed by atoms with E-state index in [1.54, 1.807) is 12.4 Å². The first-order chi connectivity index (χ1) is 9.74. The third kappa shape index (κ3) is 2.40. The molecule has 0 saturated carbocycles. The summed E-state index contributed by atoms with van der Waals surface area (Å²) in [6, 6.07) is 6.08. The molecule has 1 unspecified atom stereocenters. The van der Waals surface area contributed by atoms with Crippen LogP contribution in [0.3, 0.4) is 0 Å². The number of anilines is 1. The van der Waals surface area contributed by atoms with Crippen LogP contribution in [0, 0.1) is 6.92 Å². The normalized spacial score (nSPS) is 12.3. The molecule has 0 aliphatic heterocycles. The fourth-order valence-electron chi connectivity index (χ4n) is 2.07. The van der Waals surface area contributed by atoms with Gasteiger partial charge in [-0.05, 0) is 32.0 Å². The molecule has 6 nitrogen and oxygen atoms in total. The molecule has 0 amide bonds. The number of hydrogen-bond acceptors (Lipinski definition) is 4. The molecule has 0 spiro atoms. The van der Waals surface area contributed by atoms with Gasteiger partial charge in [-0.15, -0.1) is 0 Å². The molecule has 0 saturated heterocycles. The average Bonchev–Trinajstić information content (AvgIpc) is 3.11. The zero-order valence-corrected chi connectivity index (χ0v) is 11.4. The monoisotopic (exact) mass is 268 g/mol. The number of imidazole rings is 1. The molecular weight excluding hydrogens is 252 g/mol. The van der Waals surface area contributed by atoms with Gasteiger partial charge < -0.3 is 5.32 Å². The highest BCUT2D eigenvalue weighted by atomic mass is 15.1. The van der Waals surface area contributed by atoms with E-state index in [0.717, 1.165) is 23.0 Å². The summed E-state index contributed by atoms with van der Waals surface area (Å²) in [6.45, 7) is 4.02. The van der Waals surface area contributed by atoms with Crippen molar-refractivity contribution in [1.29, 1.82) is 0 Å². The lowest BCUT2D eigenvalue weighted by Crippen LogP contribution is -2.08. The number of rotatable bonds is 4. The number of aromatic amines is 1. The van der Waals surface area contributed by atoms with Crippen LogP contribution in [0.25, 0.3) is 5.82 Å². The minimum Gasteiger partial charge on any atom is -0.376 e. The highest BCUT2D eigenvalue weighted by Crippen LogP contribution is 2.17. The second-order valence-electron chi connectivity index (χ2n) is 4.63. The lowest BCUT2D eigenvalue weighted by molar-refractivity contribution is 0.823. The van der Waals surface area contributed by atoms with Gasteiger partial charge in [0.2, 0.25) is 0 Å². The highest BCUT2D eigenvalue weighted by Gasteiger charge is 2.07. The van der Waals surface area contributed by atoms with E-state index in [1.807, 2.05) is 42.1 Å². The Morgan fingerprint density at radius 3 is 2.70 bits per heavy atom. The predicted molar refractivity (Wildman–Crippen MR) is 76.7 cm³/mol. The molecule has 102 valence electrons. The van der Waals surface area contributed by atoms with Crippen molar-refractivity contribution in [2.45, 2.75) is 19.9 Å². The summed E-state index contributed by atoms with van der Waals surface area (Å²) in [5.41, 5.74) is 2.01. The van der Waals surface area contributed by atoms with E-state index in [1.165, 1.54) is 0 Å². The van der Waals surface area contributed by atoms with Gasteiger partial charge in [0.1, 0.15) is 11.6 Å². The Labute approximate surface area is 116 Å². The topological polar surface area (TPSA) is 71.4 Å². The Kier molecular flexibility index (Phi) is 3.20. The van der Waals surface area contributed by atoms with Crippen molar-refractivity contribution < 1.29 is 0 Å². The van der Waals surface area contributed by atoms with Crippen molar-refractivity contribution in [2.24, 2.45) is 0 Å². The van der Waals surface area contributed by atoms with Crippen LogP contribution in [0.5, 0.6) is 0 Å². The van der Waals surface area contributed by atoms with Gasteiger partial charge in [0, 0.05) is 18.6 Å². The van der Waals surface area contributed by atoms with Gasteiger partial charge in [-0.3, -0.25) is 9.67 Å². The number of pyridine rings is 1. The Morgan fingerprint density at radius 2 is 2.10 bits per heavy atom. The Balaban J connectivity index is 1.75. The summed E-state index contributed by atoms with van der Waals surface area (Å²) in [4.78, 5) is 8.64. The fourth-order valence-corrected chi connectivity index (χ4v) is 2.07. The van der Waals surface area contributed by atoms with Gasteiger partial charge in [-0.25, -0.2) is 9.97 Å². The molecule has 0 aliphatic rings. The van der Waals surface area contributed by atoms with Gasteiger partial charge in [0.25, 0.3) is 0 Å². The summed E-state index contributed by atoms with van der Waals surface area (Å²) in [5.74, 6) is 1.78. The van der Waals surface area contributed by atoms with E-state index >= 15 is 0 Å². The summed E-state index contributed by atoms with van der Waals surface area (Å²) in [5, 5.41) is 10.3. The van der Waals surface area contributed by atoms with Crippen LogP contribution in [0.1, 0.15) is 24.5 Å². The first kappa shape index (κ1) is 12.4. The molecule has 20 heavy (non-hydrogen) atoms. The van der Waals surface area contributed by atoms with Gasteiger partial charge in [0.05, 0.1) is 23.6 Å². The van der Waals surface area contributed by atoms with Crippen molar-refractivity contribution >= 4 is 5.69 Å². The van der Waals surface area contributed by atoms with Gasteiger partial charge in [-0.1, -0.05) is 0 Å². The average molecular weight is 268 g/mol. The van der Waals surface area contributed by atoms with Crippen LogP contribution in [0.4, 0.5) is 5.69 Å². The number of nitrogens with one attached hydrogen (secondary N) is 2. The van der Waals surface area contributed by atoms with Crippen molar-refractivity contribution in [3.05, 3.63) is 54.5 Å². The lowest BCUT2D eigenvalue weighted by atomic mass is 10.2. The molecule has 3 aromatic rings. The first-order valence-electron chi connectivity index (χ1n) is 6.46. The Hall–Kier alpha value is -2.63. The van der Waals surface area contributed by atoms with E-state index < -0.39 is 0 Å². The Bertz CT molecular complexity index is 668. The van der Waals surface area contributed by atoms with Crippen LogP contribution in [-0.2, 0) is 0 Å². The number of hydrogen-bond donors (Lipinski definition) is 2. The zero-order chi connectivity index (χ0) is 13.9. The van der Waals surface area contributed by atoms with Gasteiger partial charge in [0.15, 0.2) is 0 Å². The number of nitrogens with zero attached hydrogens (tertiary/aromatic N) is 4. The van der Waals surface area contributed by atoms with E-state index in [4.69, 9.17) is 0 Å².